The van der Waals surface area contributed by atoms with Gasteiger partial charge in [0.2, 0.25) is 0 Å². The molecule has 0 spiro atoms. The van der Waals surface area contributed by atoms with E-state index >= 15 is 0 Å². The fourth-order valence-electron chi connectivity index (χ4n) is 2.34. The van der Waals surface area contributed by atoms with E-state index in [0.717, 1.165) is 17.2 Å². The van der Waals surface area contributed by atoms with Crippen LogP contribution in [0.5, 0.6) is 5.75 Å². The van der Waals surface area contributed by atoms with Gasteiger partial charge >= 0.3 is 0 Å². The summed E-state index contributed by atoms with van der Waals surface area (Å²) >= 11 is 5.93. The third kappa shape index (κ3) is 3.33. The summed E-state index contributed by atoms with van der Waals surface area (Å²) in [6.07, 6.45) is 0.882. The van der Waals surface area contributed by atoms with Crippen molar-refractivity contribution in [3.63, 3.8) is 0 Å². The average molecular weight is 290 g/mol. The van der Waals surface area contributed by atoms with Crippen LogP contribution in [0, 0.1) is 0 Å². The van der Waals surface area contributed by atoms with Crippen molar-refractivity contribution in [2.24, 2.45) is 5.73 Å². The van der Waals surface area contributed by atoms with E-state index in [1.54, 1.807) is 7.11 Å². The number of halogens is 1. The van der Waals surface area contributed by atoms with Crippen molar-refractivity contribution in [1.29, 1.82) is 0 Å². The minimum Gasteiger partial charge on any atom is -0.497 e. The molecule has 106 valence electrons. The first kappa shape index (κ1) is 14.9. The van der Waals surface area contributed by atoms with E-state index < -0.39 is 0 Å². The highest BCUT2D eigenvalue weighted by Gasteiger charge is 2.25. The van der Waals surface area contributed by atoms with Crippen LogP contribution in [-0.4, -0.2) is 13.7 Å². The lowest BCUT2D eigenvalue weighted by Gasteiger charge is -2.29. The molecule has 0 aliphatic heterocycles. The van der Waals surface area contributed by atoms with Crippen molar-refractivity contribution in [1.82, 2.24) is 0 Å². The lowest BCUT2D eigenvalue weighted by molar-refractivity contribution is 0.413. The van der Waals surface area contributed by atoms with Gasteiger partial charge in [0, 0.05) is 17.0 Å². The van der Waals surface area contributed by atoms with E-state index in [9.17, 15) is 0 Å². The Balaban J connectivity index is 2.25. The molecule has 20 heavy (non-hydrogen) atoms. The molecule has 3 heteroatoms. The molecule has 1 atom stereocenters. The maximum atomic E-state index is 6.03. The van der Waals surface area contributed by atoms with E-state index in [4.69, 9.17) is 22.1 Å². The zero-order valence-corrected chi connectivity index (χ0v) is 12.7. The Morgan fingerprint density at radius 2 is 1.65 bits per heavy atom. The quantitative estimate of drug-likeness (QED) is 0.908. The van der Waals surface area contributed by atoms with Gasteiger partial charge in [-0.3, -0.25) is 0 Å². The van der Waals surface area contributed by atoms with Gasteiger partial charge in [0.25, 0.3) is 0 Å². The van der Waals surface area contributed by atoms with Gasteiger partial charge in [-0.2, -0.15) is 0 Å². The molecule has 0 saturated carbocycles. The van der Waals surface area contributed by atoms with Gasteiger partial charge in [-0.15, -0.1) is 0 Å². The topological polar surface area (TPSA) is 35.2 Å². The molecule has 0 bridgehead atoms. The monoisotopic (exact) mass is 289 g/mol. The first-order valence-electron chi connectivity index (χ1n) is 6.66. The predicted octanol–water partition coefficient (Wildman–Crippen LogP) is 3.81. The zero-order valence-electron chi connectivity index (χ0n) is 11.9. The maximum Gasteiger partial charge on any atom is 0.118 e. The molecule has 0 aliphatic carbocycles. The second kappa shape index (κ2) is 6.29. The molecule has 1 unspecified atom stereocenters. The van der Waals surface area contributed by atoms with E-state index in [1.165, 1.54) is 11.1 Å². The van der Waals surface area contributed by atoms with Crippen molar-refractivity contribution in [3.05, 3.63) is 64.7 Å². The molecule has 2 rings (SSSR count). The van der Waals surface area contributed by atoms with Gasteiger partial charge in [-0.05, 0) is 41.8 Å². The number of rotatable bonds is 5. The number of hydrogen-bond donors (Lipinski definition) is 1. The number of benzene rings is 2. The number of methoxy groups -OCH3 is 1. The maximum absolute atomic E-state index is 6.03. The minimum absolute atomic E-state index is 0.0971. The number of nitrogens with two attached hydrogens (primary N) is 1. The highest BCUT2D eigenvalue weighted by atomic mass is 35.5. The van der Waals surface area contributed by atoms with Crippen LogP contribution >= 0.6 is 11.6 Å². The lowest BCUT2D eigenvalue weighted by atomic mass is 9.77. The van der Waals surface area contributed by atoms with E-state index in [0.29, 0.717) is 6.54 Å². The summed E-state index contributed by atoms with van der Waals surface area (Å²) < 4.78 is 5.20. The van der Waals surface area contributed by atoms with Crippen LogP contribution in [-0.2, 0) is 11.8 Å². The van der Waals surface area contributed by atoms with Crippen molar-refractivity contribution in [2.75, 3.05) is 13.7 Å². The Bertz CT molecular complexity index is 550. The van der Waals surface area contributed by atoms with Crippen LogP contribution in [0.25, 0.3) is 0 Å². The van der Waals surface area contributed by atoms with E-state index in [2.05, 4.69) is 31.2 Å². The highest BCUT2D eigenvalue weighted by Crippen LogP contribution is 2.29. The summed E-state index contributed by atoms with van der Waals surface area (Å²) in [5.74, 6) is 0.861. The predicted molar refractivity (Wildman–Crippen MR) is 84.6 cm³/mol. The van der Waals surface area contributed by atoms with Gasteiger partial charge < -0.3 is 10.5 Å². The summed E-state index contributed by atoms with van der Waals surface area (Å²) in [5, 5.41) is 0.757. The Morgan fingerprint density at radius 1 is 1.05 bits per heavy atom. The van der Waals surface area contributed by atoms with Crippen LogP contribution in [0.2, 0.25) is 5.02 Å². The molecule has 0 amide bonds. The van der Waals surface area contributed by atoms with Gasteiger partial charge in [0.1, 0.15) is 5.75 Å². The van der Waals surface area contributed by atoms with Crippen molar-refractivity contribution in [3.8, 4) is 5.75 Å². The molecular formula is C17H20ClNO. The second-order valence-electron chi connectivity index (χ2n) is 5.30. The lowest BCUT2D eigenvalue weighted by Crippen LogP contribution is -2.34. The van der Waals surface area contributed by atoms with E-state index in [1.807, 2.05) is 24.3 Å². The first-order chi connectivity index (χ1) is 9.57. The summed E-state index contributed by atoms with van der Waals surface area (Å²) in [4.78, 5) is 0. The zero-order chi connectivity index (χ0) is 14.6. The molecule has 0 fully saturated rings. The normalized spacial score (nSPS) is 13.8. The molecule has 0 saturated heterocycles. The average Bonchev–Trinajstić information content (AvgIpc) is 2.49. The van der Waals surface area contributed by atoms with E-state index in [-0.39, 0.29) is 5.41 Å². The molecule has 0 radical (unpaired) electrons. The molecule has 0 heterocycles. The van der Waals surface area contributed by atoms with Crippen molar-refractivity contribution in [2.45, 2.75) is 18.8 Å². The molecule has 2 N–H and O–H groups in total. The summed E-state index contributed by atoms with van der Waals surface area (Å²) in [5.41, 5.74) is 8.39. The molecule has 2 aromatic rings. The van der Waals surface area contributed by atoms with Gasteiger partial charge in [-0.1, -0.05) is 42.8 Å². The van der Waals surface area contributed by atoms with Crippen LogP contribution in [0.4, 0.5) is 0 Å². The summed E-state index contributed by atoms with van der Waals surface area (Å²) in [7, 11) is 1.67. The molecule has 0 aliphatic rings. The molecule has 2 aromatic carbocycles. The Hall–Kier alpha value is -1.51. The Kier molecular flexibility index (Phi) is 4.69. The highest BCUT2D eigenvalue weighted by molar-refractivity contribution is 6.30. The van der Waals surface area contributed by atoms with Crippen LogP contribution < -0.4 is 10.5 Å². The van der Waals surface area contributed by atoms with Gasteiger partial charge in [0.05, 0.1) is 7.11 Å². The summed E-state index contributed by atoms with van der Waals surface area (Å²) in [6.45, 7) is 2.77. The van der Waals surface area contributed by atoms with Gasteiger partial charge in [0.15, 0.2) is 0 Å². The SMILES string of the molecule is COc1ccc(C(C)(CN)Cc2ccc(Cl)cc2)cc1. The second-order valence-corrected chi connectivity index (χ2v) is 5.73. The van der Waals surface area contributed by atoms with Crippen LogP contribution in [0.3, 0.4) is 0 Å². The first-order valence-corrected chi connectivity index (χ1v) is 7.04. The van der Waals surface area contributed by atoms with Gasteiger partial charge in [-0.25, -0.2) is 0 Å². The van der Waals surface area contributed by atoms with Crippen LogP contribution in [0.1, 0.15) is 18.1 Å². The fraction of sp³-hybridized carbons (Fsp3) is 0.294. The van der Waals surface area contributed by atoms with Crippen molar-refractivity contribution >= 4 is 11.6 Å². The molecule has 0 aromatic heterocycles. The molecular weight excluding hydrogens is 270 g/mol. The largest absolute Gasteiger partial charge is 0.497 e. The third-order valence-corrected chi connectivity index (χ3v) is 4.00. The number of ether oxygens (including phenoxy) is 1. The van der Waals surface area contributed by atoms with Crippen molar-refractivity contribution < 1.29 is 4.74 Å². The minimum atomic E-state index is -0.0971. The number of hydrogen-bond acceptors (Lipinski definition) is 2. The van der Waals surface area contributed by atoms with Crippen LogP contribution in [0.15, 0.2) is 48.5 Å². The smallest absolute Gasteiger partial charge is 0.118 e. The molecule has 2 nitrogen and oxygen atoms in total. The third-order valence-electron chi connectivity index (χ3n) is 3.75. The Morgan fingerprint density at radius 3 is 2.15 bits per heavy atom. The fourth-order valence-corrected chi connectivity index (χ4v) is 2.46. The standard InChI is InChI=1S/C17H20ClNO/c1-17(12-19,11-13-3-7-15(18)8-4-13)14-5-9-16(20-2)10-6-14/h3-10H,11-12,19H2,1-2H3. The summed E-state index contributed by atoms with van der Waals surface area (Å²) in [6, 6.07) is 16.1. The Labute approximate surface area is 125 Å².